The van der Waals surface area contributed by atoms with E-state index in [4.69, 9.17) is 4.98 Å². The van der Waals surface area contributed by atoms with Crippen LogP contribution in [0.2, 0.25) is 0 Å². The zero-order valence-corrected chi connectivity index (χ0v) is 16.7. The van der Waals surface area contributed by atoms with Crippen molar-refractivity contribution >= 4 is 22.8 Å². The molecule has 2 aromatic heterocycles. The highest BCUT2D eigenvalue weighted by molar-refractivity contribution is 5.95. The predicted octanol–water partition coefficient (Wildman–Crippen LogP) is 4.07. The number of para-hydroxylation sites is 2. The average Bonchev–Trinajstić information content (AvgIpc) is 3.13. The maximum Gasteiger partial charge on any atom is 0.254 e. The second-order valence-corrected chi connectivity index (χ2v) is 7.69. The van der Waals surface area contributed by atoms with E-state index in [0.717, 1.165) is 30.7 Å². The highest BCUT2D eigenvalue weighted by Crippen LogP contribution is 2.32. The first kappa shape index (κ1) is 18.5. The molecule has 146 valence electrons. The molecule has 1 fully saturated rings. The molecule has 6 nitrogen and oxygen atoms in total. The maximum absolute atomic E-state index is 13.1. The summed E-state index contributed by atoms with van der Waals surface area (Å²) in [6.07, 6.45) is 3.72. The summed E-state index contributed by atoms with van der Waals surface area (Å²) in [7, 11) is 1.81. The number of imidazole rings is 1. The van der Waals surface area contributed by atoms with Crippen LogP contribution in [0.3, 0.4) is 0 Å². The average molecular weight is 377 g/mol. The number of nitrogens with zero attached hydrogens (tertiary/aromatic N) is 4. The molecule has 1 aliphatic rings. The largest absolute Gasteiger partial charge is 0.373 e. The topological polar surface area (TPSA) is 63.1 Å². The summed E-state index contributed by atoms with van der Waals surface area (Å²) in [5.41, 5.74) is 2.88. The molecule has 0 radical (unpaired) electrons. The Labute approximate surface area is 165 Å². The molecule has 1 N–H and O–H groups in total. The molecule has 1 amide bonds. The Morgan fingerprint density at radius 2 is 2.07 bits per heavy atom. The van der Waals surface area contributed by atoms with E-state index in [1.54, 1.807) is 12.3 Å². The van der Waals surface area contributed by atoms with Crippen LogP contribution in [0.1, 0.15) is 54.8 Å². The van der Waals surface area contributed by atoms with Gasteiger partial charge < -0.3 is 14.8 Å². The first-order valence-corrected chi connectivity index (χ1v) is 9.98. The number of aromatic nitrogens is 3. The third-order valence-electron chi connectivity index (χ3n) is 5.48. The van der Waals surface area contributed by atoms with Crippen LogP contribution < -0.4 is 5.32 Å². The van der Waals surface area contributed by atoms with Gasteiger partial charge in [0.2, 0.25) is 0 Å². The van der Waals surface area contributed by atoms with Crippen molar-refractivity contribution in [1.29, 1.82) is 0 Å². The van der Waals surface area contributed by atoms with Crippen molar-refractivity contribution in [3.63, 3.8) is 0 Å². The molecule has 28 heavy (non-hydrogen) atoms. The SMILES string of the molecule is CNc1cc(C(=O)N2CCC[C@H](c3nc4ccccc4n3C(C)C)C2)ccn1. The zero-order chi connectivity index (χ0) is 19.7. The Balaban J connectivity index is 1.63. The van der Waals surface area contributed by atoms with E-state index in [1.807, 2.05) is 24.1 Å². The lowest BCUT2D eigenvalue weighted by Gasteiger charge is -2.33. The molecule has 4 rings (SSSR count). The quantitative estimate of drug-likeness (QED) is 0.744. The van der Waals surface area contributed by atoms with Crippen molar-refractivity contribution in [3.8, 4) is 0 Å². The Hall–Kier alpha value is -2.89. The monoisotopic (exact) mass is 377 g/mol. The molecular formula is C22H27N5O. The number of rotatable bonds is 4. The van der Waals surface area contributed by atoms with Crippen LogP contribution in [0.4, 0.5) is 5.82 Å². The number of likely N-dealkylation sites (tertiary alicyclic amines) is 1. The molecule has 1 aliphatic heterocycles. The maximum atomic E-state index is 13.1. The molecule has 0 bridgehead atoms. The lowest BCUT2D eigenvalue weighted by Crippen LogP contribution is -2.39. The summed E-state index contributed by atoms with van der Waals surface area (Å²) < 4.78 is 2.33. The van der Waals surface area contributed by atoms with Crippen LogP contribution in [0.5, 0.6) is 0 Å². The number of amides is 1. The zero-order valence-electron chi connectivity index (χ0n) is 16.7. The smallest absolute Gasteiger partial charge is 0.254 e. The lowest BCUT2D eigenvalue weighted by atomic mass is 9.96. The summed E-state index contributed by atoms with van der Waals surface area (Å²) >= 11 is 0. The lowest BCUT2D eigenvalue weighted by molar-refractivity contribution is 0.0703. The fourth-order valence-corrected chi connectivity index (χ4v) is 4.15. The molecular weight excluding hydrogens is 350 g/mol. The van der Waals surface area contributed by atoms with Gasteiger partial charge in [-0.05, 0) is 51.0 Å². The molecule has 0 saturated carbocycles. The summed E-state index contributed by atoms with van der Waals surface area (Å²) in [5, 5.41) is 3.00. The number of piperidine rings is 1. The van der Waals surface area contributed by atoms with E-state index in [0.29, 0.717) is 24.0 Å². The molecule has 3 heterocycles. The fraction of sp³-hybridized carbons (Fsp3) is 0.409. The molecule has 3 aromatic rings. The molecule has 0 unspecified atom stereocenters. The number of carbonyl (C=O) groups is 1. The molecule has 1 saturated heterocycles. The van der Waals surface area contributed by atoms with Gasteiger partial charge in [-0.2, -0.15) is 0 Å². The van der Waals surface area contributed by atoms with Gasteiger partial charge in [0, 0.05) is 43.9 Å². The minimum absolute atomic E-state index is 0.0656. The Morgan fingerprint density at radius 1 is 1.25 bits per heavy atom. The first-order chi connectivity index (χ1) is 13.6. The highest BCUT2D eigenvalue weighted by atomic mass is 16.2. The minimum Gasteiger partial charge on any atom is -0.373 e. The van der Waals surface area contributed by atoms with E-state index in [9.17, 15) is 4.79 Å². The van der Waals surface area contributed by atoms with Gasteiger partial charge in [0.1, 0.15) is 11.6 Å². The Kier molecular flexibility index (Phi) is 5.03. The third-order valence-corrected chi connectivity index (χ3v) is 5.48. The third kappa shape index (κ3) is 3.35. The van der Waals surface area contributed by atoms with Crippen molar-refractivity contribution < 1.29 is 4.79 Å². The van der Waals surface area contributed by atoms with Crippen LogP contribution in [-0.2, 0) is 0 Å². The van der Waals surface area contributed by atoms with E-state index in [-0.39, 0.29) is 11.8 Å². The molecule has 1 atom stereocenters. The normalized spacial score (nSPS) is 17.3. The number of anilines is 1. The molecule has 6 heteroatoms. The van der Waals surface area contributed by atoms with E-state index in [2.05, 4.69) is 46.9 Å². The first-order valence-electron chi connectivity index (χ1n) is 9.98. The second-order valence-electron chi connectivity index (χ2n) is 7.69. The molecule has 0 aliphatic carbocycles. The van der Waals surface area contributed by atoms with E-state index in [1.165, 1.54) is 5.52 Å². The summed E-state index contributed by atoms with van der Waals surface area (Å²) in [6, 6.07) is 12.2. The van der Waals surface area contributed by atoms with Crippen LogP contribution in [-0.4, -0.2) is 45.5 Å². The van der Waals surface area contributed by atoms with Gasteiger partial charge in [0.05, 0.1) is 11.0 Å². The van der Waals surface area contributed by atoms with Gasteiger partial charge >= 0.3 is 0 Å². The Bertz CT molecular complexity index is 994. The summed E-state index contributed by atoms with van der Waals surface area (Å²) in [5.74, 6) is 2.12. The van der Waals surface area contributed by atoms with Crippen molar-refractivity contribution in [1.82, 2.24) is 19.4 Å². The second kappa shape index (κ2) is 7.62. The molecule has 1 aromatic carbocycles. The van der Waals surface area contributed by atoms with Crippen LogP contribution in [0.25, 0.3) is 11.0 Å². The van der Waals surface area contributed by atoms with Gasteiger partial charge in [0.25, 0.3) is 5.91 Å². The fourth-order valence-electron chi connectivity index (χ4n) is 4.15. The number of fused-ring (bicyclic) bond motifs is 1. The summed E-state index contributed by atoms with van der Waals surface area (Å²) in [6.45, 7) is 5.87. The summed E-state index contributed by atoms with van der Waals surface area (Å²) in [4.78, 5) is 24.2. The van der Waals surface area contributed by atoms with Crippen molar-refractivity contribution in [3.05, 3.63) is 54.0 Å². The Morgan fingerprint density at radius 3 is 2.86 bits per heavy atom. The number of hydrogen-bond acceptors (Lipinski definition) is 4. The van der Waals surface area contributed by atoms with Crippen LogP contribution in [0, 0.1) is 0 Å². The number of benzene rings is 1. The highest BCUT2D eigenvalue weighted by Gasteiger charge is 2.29. The predicted molar refractivity (Wildman–Crippen MR) is 112 cm³/mol. The number of carbonyl (C=O) groups excluding carboxylic acids is 1. The number of pyridine rings is 1. The molecule has 0 spiro atoms. The number of nitrogens with one attached hydrogen (secondary N) is 1. The van der Waals surface area contributed by atoms with Crippen molar-refractivity contribution in [2.45, 2.75) is 38.6 Å². The van der Waals surface area contributed by atoms with Crippen molar-refractivity contribution in [2.75, 3.05) is 25.5 Å². The minimum atomic E-state index is 0.0656. The standard InChI is InChI=1S/C22H27N5O/c1-15(2)27-19-9-5-4-8-18(19)25-21(27)17-7-6-12-26(14-17)22(28)16-10-11-24-20(13-16)23-3/h4-5,8-11,13,15,17H,6-7,12,14H2,1-3H3,(H,23,24)/t17-/m0/s1. The van der Waals surface area contributed by atoms with Gasteiger partial charge in [-0.1, -0.05) is 12.1 Å². The van der Waals surface area contributed by atoms with Gasteiger partial charge in [0.15, 0.2) is 0 Å². The van der Waals surface area contributed by atoms with E-state index < -0.39 is 0 Å². The van der Waals surface area contributed by atoms with E-state index >= 15 is 0 Å². The van der Waals surface area contributed by atoms with Gasteiger partial charge in [-0.3, -0.25) is 4.79 Å². The van der Waals surface area contributed by atoms with Crippen LogP contribution in [0.15, 0.2) is 42.6 Å². The van der Waals surface area contributed by atoms with Crippen LogP contribution >= 0.6 is 0 Å². The van der Waals surface area contributed by atoms with Gasteiger partial charge in [-0.25, -0.2) is 9.97 Å². The van der Waals surface area contributed by atoms with Gasteiger partial charge in [-0.15, -0.1) is 0 Å². The van der Waals surface area contributed by atoms with Crippen molar-refractivity contribution in [2.24, 2.45) is 0 Å². The number of hydrogen-bond donors (Lipinski definition) is 1.